The molecule has 2 amide bonds. The lowest BCUT2D eigenvalue weighted by Gasteiger charge is -2.29. The van der Waals surface area contributed by atoms with Crippen LogP contribution in [0.15, 0.2) is 63.9 Å². The highest BCUT2D eigenvalue weighted by atomic mass is 35.5. The number of hydrogen-bond acceptors (Lipinski definition) is 7. The summed E-state index contributed by atoms with van der Waals surface area (Å²) in [5.41, 5.74) is 3.55. The average molecular weight is 603 g/mol. The van der Waals surface area contributed by atoms with Crippen LogP contribution in [0.5, 0.6) is 0 Å². The summed E-state index contributed by atoms with van der Waals surface area (Å²) >= 11 is 5.95. The molecule has 4 rings (SSSR count). The van der Waals surface area contributed by atoms with E-state index in [1.807, 2.05) is 0 Å². The number of aliphatic imine (C=N–C) groups is 1. The fraction of sp³-hybridized carbons (Fsp3) is 0.333. The van der Waals surface area contributed by atoms with Crippen molar-refractivity contribution in [2.45, 2.75) is 53.6 Å². The molecule has 2 atom stereocenters. The lowest BCUT2D eigenvalue weighted by atomic mass is 9.92. The van der Waals surface area contributed by atoms with Gasteiger partial charge in [0.15, 0.2) is 5.29 Å². The molecule has 2 aliphatic heterocycles. The summed E-state index contributed by atoms with van der Waals surface area (Å²) in [7, 11) is 0. The number of esters is 2. The second-order valence-electron chi connectivity index (χ2n) is 9.41. The van der Waals surface area contributed by atoms with E-state index < -0.39 is 30.1 Å². The Kier molecular flexibility index (Phi) is 10.8. The molecule has 2 aliphatic rings. The van der Waals surface area contributed by atoms with Crippen LogP contribution in [0.2, 0.25) is 0 Å². The van der Waals surface area contributed by atoms with Crippen LogP contribution in [-0.2, 0) is 19.1 Å². The third-order valence-electron chi connectivity index (χ3n) is 6.70. The Labute approximate surface area is 248 Å². The van der Waals surface area contributed by atoms with Crippen molar-refractivity contribution in [3.8, 4) is 0 Å². The first kappa shape index (κ1) is 32.3. The summed E-state index contributed by atoms with van der Waals surface area (Å²) in [5.74, 6) is -1.75. The monoisotopic (exact) mass is 602 g/mol. The first-order valence-corrected chi connectivity index (χ1v) is 13.6. The van der Waals surface area contributed by atoms with Crippen molar-refractivity contribution in [3.05, 3.63) is 92.8 Å². The van der Waals surface area contributed by atoms with Crippen molar-refractivity contribution < 1.29 is 32.6 Å². The zero-order valence-electron chi connectivity index (χ0n) is 24.2. The topological polar surface area (TPSA) is 118 Å². The number of carbonyl (C=O) groups is 3. The highest BCUT2D eigenvalue weighted by Gasteiger charge is 2.33. The van der Waals surface area contributed by atoms with Gasteiger partial charge in [0.05, 0.1) is 30.4 Å². The fourth-order valence-electron chi connectivity index (χ4n) is 4.60. The molecule has 0 spiro atoms. The molecule has 0 aromatic heterocycles. The average Bonchev–Trinajstić information content (AvgIpc) is 2.91. The van der Waals surface area contributed by atoms with E-state index in [2.05, 4.69) is 20.9 Å². The first-order valence-electron chi connectivity index (χ1n) is 13.2. The minimum atomic E-state index is -0.728. The van der Waals surface area contributed by atoms with Crippen LogP contribution in [0.25, 0.3) is 0 Å². The van der Waals surface area contributed by atoms with Gasteiger partial charge in [0.1, 0.15) is 17.7 Å². The maximum absolute atomic E-state index is 13.8. The van der Waals surface area contributed by atoms with Crippen LogP contribution < -0.4 is 16.0 Å². The first-order chi connectivity index (χ1) is 19.9. The third-order valence-corrected chi connectivity index (χ3v) is 6.89. The molecule has 224 valence electrons. The quantitative estimate of drug-likeness (QED) is 0.295. The van der Waals surface area contributed by atoms with E-state index in [9.17, 15) is 23.2 Å². The van der Waals surface area contributed by atoms with Crippen molar-refractivity contribution in [2.75, 3.05) is 13.2 Å². The number of rotatable bonds is 6. The zero-order chi connectivity index (χ0) is 31.1. The summed E-state index contributed by atoms with van der Waals surface area (Å²) < 4.78 is 37.6. The number of carbonyl (C=O) groups excluding carboxylic acids is 3. The summed E-state index contributed by atoms with van der Waals surface area (Å²) in [5, 5.41) is 8.15. The zero-order valence-corrected chi connectivity index (χ0v) is 24.9. The normalized spacial score (nSPS) is 18.1. The number of amidine groups is 1. The Morgan fingerprint density at radius 3 is 1.90 bits per heavy atom. The summed E-state index contributed by atoms with van der Waals surface area (Å²) in [4.78, 5) is 40.2. The highest BCUT2D eigenvalue weighted by molar-refractivity contribution is 6.65. The number of ether oxygens (including phenoxy) is 2. The van der Waals surface area contributed by atoms with Gasteiger partial charge in [-0.1, -0.05) is 24.3 Å². The molecule has 0 bridgehead atoms. The Hall–Kier alpha value is -4.25. The molecule has 2 aromatic rings. The smallest absolute Gasteiger partial charge is 0.338 e. The van der Waals surface area contributed by atoms with Gasteiger partial charge in [-0.25, -0.2) is 28.2 Å². The number of allylic oxidation sites excluding steroid dienone is 2. The molecule has 0 saturated carbocycles. The Morgan fingerprint density at radius 1 is 0.833 bits per heavy atom. The van der Waals surface area contributed by atoms with Gasteiger partial charge < -0.3 is 25.4 Å². The van der Waals surface area contributed by atoms with Crippen molar-refractivity contribution in [2.24, 2.45) is 4.99 Å². The molecule has 0 aliphatic carbocycles. The minimum absolute atomic E-state index is 0.161. The summed E-state index contributed by atoms with van der Waals surface area (Å²) in [6, 6.07) is 7.41. The number of halogens is 3. The number of nitrogens with zero attached hydrogens (tertiary/aromatic N) is 1. The van der Waals surface area contributed by atoms with Crippen LogP contribution in [0, 0.1) is 25.5 Å². The predicted molar refractivity (Wildman–Crippen MR) is 155 cm³/mol. The van der Waals surface area contributed by atoms with Gasteiger partial charge in [0.25, 0.3) is 0 Å². The number of urea groups is 1. The second kappa shape index (κ2) is 14.1. The van der Waals surface area contributed by atoms with Crippen molar-refractivity contribution in [1.82, 2.24) is 16.0 Å². The molecule has 0 fully saturated rings. The molecule has 3 N–H and O–H groups in total. The summed E-state index contributed by atoms with van der Waals surface area (Å²) in [6.45, 7) is 10.5. The Bertz CT molecular complexity index is 1490. The molecule has 9 nitrogen and oxygen atoms in total. The third kappa shape index (κ3) is 7.14. The van der Waals surface area contributed by atoms with Gasteiger partial charge in [0.2, 0.25) is 0 Å². The van der Waals surface area contributed by atoms with Crippen LogP contribution in [0.3, 0.4) is 0 Å². The van der Waals surface area contributed by atoms with E-state index in [0.717, 1.165) is 0 Å². The van der Waals surface area contributed by atoms with Gasteiger partial charge in [-0.3, -0.25) is 0 Å². The largest absolute Gasteiger partial charge is 0.463 e. The van der Waals surface area contributed by atoms with Gasteiger partial charge in [0, 0.05) is 11.4 Å². The van der Waals surface area contributed by atoms with Crippen molar-refractivity contribution in [3.63, 3.8) is 0 Å². The predicted octanol–water partition coefficient (Wildman–Crippen LogP) is 5.54. The SMILES string of the molecule is CCOC(=O)C1=C(C)NC(=O)N[C@H]1c1cccc(F)c1C.CCOC(=O)C1=C(C)NC(Cl)=N[C@H]1c1cccc(F)c1C. The molecule has 2 aromatic carbocycles. The standard InChI is InChI=1S/C15H16ClFN2O2.C15H17FN2O3/c1-4-21-14(20)12-9(3)18-15(16)19-13(12)10-6-5-7-11(17)8(10)2;1-4-21-14(19)12-9(3)17-15(20)18-13(12)10-6-5-7-11(16)8(10)2/h5-7,13H,4H2,1-3H3,(H,18,19);5-7,13H,4H2,1-3H3,(H2,17,18,20)/t2*13-/m00/s1. The van der Waals surface area contributed by atoms with Crippen LogP contribution >= 0.6 is 11.6 Å². The maximum Gasteiger partial charge on any atom is 0.338 e. The van der Waals surface area contributed by atoms with Crippen molar-refractivity contribution >= 4 is 34.9 Å². The summed E-state index contributed by atoms with van der Waals surface area (Å²) in [6.07, 6.45) is 0. The number of hydrogen-bond donors (Lipinski definition) is 3. The van der Waals surface area contributed by atoms with E-state index in [-0.39, 0.29) is 35.7 Å². The maximum atomic E-state index is 13.8. The lowest BCUT2D eigenvalue weighted by Crippen LogP contribution is -2.45. The highest BCUT2D eigenvalue weighted by Crippen LogP contribution is 2.34. The van der Waals surface area contributed by atoms with Gasteiger partial charge in [-0.2, -0.15) is 0 Å². The molecule has 0 radical (unpaired) electrons. The number of amides is 2. The van der Waals surface area contributed by atoms with E-state index in [0.29, 0.717) is 39.2 Å². The van der Waals surface area contributed by atoms with Crippen LogP contribution in [-0.4, -0.2) is 36.5 Å². The molecule has 12 heteroatoms. The van der Waals surface area contributed by atoms with E-state index >= 15 is 0 Å². The van der Waals surface area contributed by atoms with Crippen LogP contribution in [0.4, 0.5) is 13.6 Å². The van der Waals surface area contributed by atoms with Crippen LogP contribution in [0.1, 0.15) is 62.0 Å². The van der Waals surface area contributed by atoms with Gasteiger partial charge in [-0.15, -0.1) is 0 Å². The van der Waals surface area contributed by atoms with E-state index in [1.165, 1.54) is 12.1 Å². The second-order valence-corrected chi connectivity index (χ2v) is 9.76. The van der Waals surface area contributed by atoms with E-state index in [4.69, 9.17) is 21.1 Å². The molecule has 0 unspecified atom stereocenters. The van der Waals surface area contributed by atoms with Gasteiger partial charge >= 0.3 is 18.0 Å². The Morgan fingerprint density at radius 2 is 1.33 bits per heavy atom. The number of benzene rings is 2. The van der Waals surface area contributed by atoms with Gasteiger partial charge in [-0.05, 0) is 87.5 Å². The molecule has 42 heavy (non-hydrogen) atoms. The molecule has 2 heterocycles. The molecule has 0 saturated heterocycles. The number of nitrogens with one attached hydrogen (secondary N) is 3. The Balaban J connectivity index is 0.000000230. The molecular weight excluding hydrogens is 570 g/mol. The van der Waals surface area contributed by atoms with E-state index in [1.54, 1.807) is 65.8 Å². The minimum Gasteiger partial charge on any atom is -0.463 e. The van der Waals surface area contributed by atoms with Crippen molar-refractivity contribution in [1.29, 1.82) is 0 Å². The lowest BCUT2D eigenvalue weighted by molar-refractivity contribution is -0.139. The molecular formula is C30H33ClF2N4O5. The fourth-order valence-corrected chi connectivity index (χ4v) is 4.84.